The predicted octanol–water partition coefficient (Wildman–Crippen LogP) is 4.32. The lowest BCUT2D eigenvalue weighted by Gasteiger charge is -2.29. The number of carboxylic acids is 1. The summed E-state index contributed by atoms with van der Waals surface area (Å²) in [7, 11) is 2.06. The van der Waals surface area contributed by atoms with Gasteiger partial charge in [-0.05, 0) is 47.8 Å². The van der Waals surface area contributed by atoms with Crippen LogP contribution in [-0.4, -0.2) is 42.9 Å². The van der Waals surface area contributed by atoms with Gasteiger partial charge in [-0.3, -0.25) is 4.98 Å². The smallest absolute Gasteiger partial charge is 0.337 e. The normalized spacial score (nSPS) is 18.8. The fraction of sp³-hybridized carbons (Fsp3) is 0.280. The average molecular weight is 431 g/mol. The maximum Gasteiger partial charge on any atom is 0.337 e. The van der Waals surface area contributed by atoms with E-state index in [4.69, 9.17) is 9.47 Å². The van der Waals surface area contributed by atoms with Crippen molar-refractivity contribution >= 4 is 17.3 Å². The van der Waals surface area contributed by atoms with Crippen LogP contribution in [0, 0.1) is 0 Å². The fourth-order valence-corrected chi connectivity index (χ4v) is 4.38. The Morgan fingerprint density at radius 3 is 3.09 bits per heavy atom. The maximum atomic E-state index is 11.5. The molecule has 2 aromatic rings. The number of carbonyl (C=O) groups is 1. The second-order valence-corrected chi connectivity index (χ2v) is 8.18. The van der Waals surface area contributed by atoms with Gasteiger partial charge in [-0.25, -0.2) is 4.79 Å². The van der Waals surface area contributed by atoms with E-state index in [0.29, 0.717) is 25.4 Å². The van der Waals surface area contributed by atoms with Crippen molar-refractivity contribution in [3.63, 3.8) is 0 Å². The van der Waals surface area contributed by atoms with E-state index in [1.807, 2.05) is 6.26 Å². The molecule has 3 aliphatic rings. The molecular formula is C25H25N3O4. The topological polar surface area (TPSA) is 83.9 Å². The number of pyridine rings is 1. The van der Waals surface area contributed by atoms with Crippen LogP contribution in [0.4, 0.5) is 11.4 Å². The van der Waals surface area contributed by atoms with E-state index in [2.05, 4.69) is 52.6 Å². The molecule has 0 spiro atoms. The van der Waals surface area contributed by atoms with Crippen LogP contribution in [0.1, 0.15) is 34.7 Å². The molecule has 1 aromatic heterocycles. The van der Waals surface area contributed by atoms with Crippen LogP contribution in [0.3, 0.4) is 0 Å². The van der Waals surface area contributed by atoms with Crippen LogP contribution in [0.25, 0.3) is 0 Å². The van der Waals surface area contributed by atoms with Crippen molar-refractivity contribution < 1.29 is 19.4 Å². The lowest BCUT2D eigenvalue weighted by molar-refractivity contribution is 0.0697. The molecule has 2 aliphatic heterocycles. The molecule has 0 amide bonds. The summed E-state index contributed by atoms with van der Waals surface area (Å²) in [6.45, 7) is 1.89. The number of fused-ring (bicyclic) bond motifs is 2. The van der Waals surface area contributed by atoms with Gasteiger partial charge < -0.3 is 24.8 Å². The molecule has 0 saturated heterocycles. The summed E-state index contributed by atoms with van der Waals surface area (Å²) in [5.41, 5.74) is 6.60. The Morgan fingerprint density at radius 2 is 2.22 bits per heavy atom. The molecule has 0 radical (unpaired) electrons. The zero-order valence-electron chi connectivity index (χ0n) is 17.9. The van der Waals surface area contributed by atoms with E-state index in [1.165, 1.54) is 23.4 Å². The Bertz CT molecular complexity index is 1150. The number of nitrogens with zero attached hydrogens (tertiary/aromatic N) is 2. The molecule has 7 heteroatoms. The highest BCUT2D eigenvalue weighted by Gasteiger charge is 2.24. The van der Waals surface area contributed by atoms with Crippen molar-refractivity contribution in [3.8, 4) is 5.75 Å². The van der Waals surface area contributed by atoms with Crippen LogP contribution in [0.5, 0.6) is 5.75 Å². The van der Waals surface area contributed by atoms with Gasteiger partial charge in [0.15, 0.2) is 0 Å². The third kappa shape index (κ3) is 3.82. The predicted molar refractivity (Wildman–Crippen MR) is 122 cm³/mol. The maximum absolute atomic E-state index is 11.5. The van der Waals surface area contributed by atoms with E-state index in [0.717, 1.165) is 35.5 Å². The van der Waals surface area contributed by atoms with Gasteiger partial charge in [0.05, 0.1) is 30.3 Å². The molecule has 164 valence electrons. The van der Waals surface area contributed by atoms with Gasteiger partial charge in [0, 0.05) is 43.2 Å². The number of hydrogen-bond donors (Lipinski definition) is 2. The van der Waals surface area contributed by atoms with Gasteiger partial charge >= 0.3 is 5.97 Å². The van der Waals surface area contributed by atoms with Gasteiger partial charge in [0.2, 0.25) is 0 Å². The van der Waals surface area contributed by atoms with Crippen LogP contribution in [-0.2, 0) is 4.74 Å². The molecule has 1 aromatic carbocycles. The Kier molecular flexibility index (Phi) is 5.31. The summed E-state index contributed by atoms with van der Waals surface area (Å²) in [5.74, 6) is 0.138. The van der Waals surface area contributed by atoms with E-state index >= 15 is 0 Å². The number of rotatable bonds is 6. The van der Waals surface area contributed by atoms with Crippen molar-refractivity contribution in [2.75, 3.05) is 37.0 Å². The van der Waals surface area contributed by atoms with Gasteiger partial charge in [-0.2, -0.15) is 0 Å². The van der Waals surface area contributed by atoms with E-state index in [-0.39, 0.29) is 11.5 Å². The number of anilines is 2. The van der Waals surface area contributed by atoms with E-state index in [9.17, 15) is 9.90 Å². The number of benzene rings is 1. The molecule has 5 rings (SSSR count). The first-order chi connectivity index (χ1) is 15.6. The molecule has 0 unspecified atom stereocenters. The lowest BCUT2D eigenvalue weighted by Crippen LogP contribution is -2.22. The number of ether oxygens (including phenoxy) is 2. The van der Waals surface area contributed by atoms with Crippen molar-refractivity contribution in [2.24, 2.45) is 0 Å². The SMILES string of the molecule is CN(C1=CCC2=COCC2=C1)c1ccc2c(c1)OCC[C@H]2CNc1cnccc1C(=O)O. The number of hydrogen-bond acceptors (Lipinski definition) is 6. The molecule has 0 fully saturated rings. The largest absolute Gasteiger partial charge is 0.496 e. The van der Waals surface area contributed by atoms with Crippen molar-refractivity contribution in [2.45, 2.75) is 18.8 Å². The zero-order chi connectivity index (χ0) is 22.1. The van der Waals surface area contributed by atoms with E-state index in [1.54, 1.807) is 6.20 Å². The van der Waals surface area contributed by atoms with Crippen LogP contribution >= 0.6 is 0 Å². The molecule has 32 heavy (non-hydrogen) atoms. The Labute approximate surface area is 186 Å². The van der Waals surface area contributed by atoms with Crippen LogP contribution in [0.2, 0.25) is 0 Å². The number of allylic oxidation sites excluding steroid dienone is 2. The second kappa shape index (κ2) is 8.42. The highest BCUT2D eigenvalue weighted by molar-refractivity contribution is 5.93. The summed E-state index contributed by atoms with van der Waals surface area (Å²) < 4.78 is 11.4. The summed E-state index contributed by atoms with van der Waals surface area (Å²) in [6.07, 6.45) is 11.0. The minimum atomic E-state index is -0.964. The molecule has 0 saturated carbocycles. The number of aromatic carboxylic acids is 1. The third-order valence-electron chi connectivity index (χ3n) is 6.26. The first-order valence-electron chi connectivity index (χ1n) is 10.7. The second-order valence-electron chi connectivity index (χ2n) is 8.18. The molecule has 1 atom stereocenters. The molecule has 7 nitrogen and oxygen atoms in total. The highest BCUT2D eigenvalue weighted by Crippen LogP contribution is 2.38. The Morgan fingerprint density at radius 1 is 1.31 bits per heavy atom. The van der Waals surface area contributed by atoms with Crippen LogP contribution < -0.4 is 15.0 Å². The number of likely N-dealkylation sites (N-methyl/N-ethyl adjacent to an activating group) is 1. The molecule has 2 N–H and O–H groups in total. The summed E-state index contributed by atoms with van der Waals surface area (Å²) in [5, 5.41) is 12.7. The minimum absolute atomic E-state index is 0.222. The molecule has 0 bridgehead atoms. The lowest BCUT2D eigenvalue weighted by atomic mass is 9.92. The van der Waals surface area contributed by atoms with Crippen molar-refractivity contribution in [3.05, 3.63) is 83.0 Å². The number of aromatic nitrogens is 1. The standard InChI is InChI=1S/C25H25N3O4/c1-28(19-3-2-17-14-31-15-18(17)10-19)20-4-5-21-16(7-9-32-24(21)11-20)12-27-23-13-26-8-6-22(23)25(29)30/h3-6,8,10-11,13-14,16,27H,2,7,9,12,15H2,1H3,(H,29,30)/t16-/m0/s1. The first kappa shape index (κ1) is 20.2. The van der Waals surface area contributed by atoms with E-state index < -0.39 is 5.97 Å². The van der Waals surface area contributed by atoms with Gasteiger partial charge in [-0.1, -0.05) is 12.1 Å². The minimum Gasteiger partial charge on any atom is -0.496 e. The molecule has 3 heterocycles. The highest BCUT2D eigenvalue weighted by atomic mass is 16.5. The zero-order valence-corrected chi connectivity index (χ0v) is 17.9. The molecular weight excluding hydrogens is 406 g/mol. The summed E-state index contributed by atoms with van der Waals surface area (Å²) in [6, 6.07) is 7.83. The Balaban J connectivity index is 1.33. The first-order valence-corrected chi connectivity index (χ1v) is 10.7. The Hall–Kier alpha value is -3.74. The van der Waals surface area contributed by atoms with Crippen molar-refractivity contribution in [1.29, 1.82) is 0 Å². The summed E-state index contributed by atoms with van der Waals surface area (Å²) in [4.78, 5) is 17.7. The third-order valence-corrected chi connectivity index (χ3v) is 6.26. The van der Waals surface area contributed by atoms with Gasteiger partial charge in [0.25, 0.3) is 0 Å². The molecule has 1 aliphatic carbocycles. The number of carboxylic acid groups (broad SMARTS) is 1. The average Bonchev–Trinajstić information content (AvgIpc) is 3.30. The van der Waals surface area contributed by atoms with Gasteiger partial charge in [0.1, 0.15) is 12.4 Å². The quantitative estimate of drug-likeness (QED) is 0.705. The van der Waals surface area contributed by atoms with Crippen molar-refractivity contribution in [1.82, 2.24) is 4.98 Å². The monoisotopic (exact) mass is 431 g/mol. The number of nitrogens with one attached hydrogen (secondary N) is 1. The van der Waals surface area contributed by atoms with Gasteiger partial charge in [-0.15, -0.1) is 0 Å². The van der Waals surface area contributed by atoms with Crippen LogP contribution in [0.15, 0.2) is 71.9 Å². The fourth-order valence-electron chi connectivity index (χ4n) is 4.38. The summed E-state index contributed by atoms with van der Waals surface area (Å²) >= 11 is 0.